The lowest BCUT2D eigenvalue weighted by molar-refractivity contribution is -0.139. The molecule has 224 valence electrons. The van der Waals surface area contributed by atoms with Gasteiger partial charge < -0.3 is 15.2 Å². The number of nitrogens with one attached hydrogen (secondary N) is 1. The first-order chi connectivity index (χ1) is 20.1. The Morgan fingerprint density at radius 3 is 2.45 bits per heavy atom. The number of hydrogen-bond acceptors (Lipinski definition) is 7. The Labute approximate surface area is 252 Å². The summed E-state index contributed by atoms with van der Waals surface area (Å²) < 4.78 is 31.0. The molecule has 8 nitrogen and oxygen atoms in total. The van der Waals surface area contributed by atoms with Crippen molar-refractivity contribution in [2.24, 2.45) is 0 Å². The van der Waals surface area contributed by atoms with Crippen LogP contribution in [0.25, 0.3) is 11.1 Å². The molecule has 1 aliphatic rings. The second kappa shape index (κ2) is 14.2. The monoisotopic (exact) mass is 610 g/mol. The predicted molar refractivity (Wildman–Crippen MR) is 168 cm³/mol. The number of aliphatic carboxylic acids is 1. The van der Waals surface area contributed by atoms with Crippen LogP contribution >= 0.6 is 11.8 Å². The fourth-order valence-electron chi connectivity index (χ4n) is 5.27. The maximum absolute atomic E-state index is 13.4. The lowest BCUT2D eigenvalue weighted by Crippen LogP contribution is -2.41. The molecular weight excluding hydrogens is 572 g/mol. The minimum absolute atomic E-state index is 0.109. The van der Waals surface area contributed by atoms with Gasteiger partial charge in [0.1, 0.15) is 18.4 Å². The molecule has 0 aliphatic carbocycles. The Balaban J connectivity index is 1.63. The van der Waals surface area contributed by atoms with Crippen molar-refractivity contribution in [3.63, 3.8) is 0 Å². The van der Waals surface area contributed by atoms with E-state index in [9.17, 15) is 23.1 Å². The summed E-state index contributed by atoms with van der Waals surface area (Å²) in [5.41, 5.74) is 3.87. The van der Waals surface area contributed by atoms with Gasteiger partial charge in [-0.3, -0.25) is 9.69 Å². The van der Waals surface area contributed by atoms with Crippen LogP contribution in [0.1, 0.15) is 34.3 Å². The number of rotatable bonds is 13. The van der Waals surface area contributed by atoms with E-state index in [0.29, 0.717) is 49.4 Å². The number of para-hydroxylation sites is 1. The second-order valence-electron chi connectivity index (χ2n) is 10.7. The largest absolute Gasteiger partial charge is 0.492 e. The Bertz CT molecular complexity index is 1500. The number of carbonyl (C=O) groups excluding carboxylic acids is 1. The molecule has 0 bridgehead atoms. The van der Waals surface area contributed by atoms with Gasteiger partial charge in [0.15, 0.2) is 9.84 Å². The third-order valence-corrected chi connectivity index (χ3v) is 9.84. The lowest BCUT2D eigenvalue weighted by atomic mass is 9.93. The lowest BCUT2D eigenvalue weighted by Gasteiger charge is -2.25. The summed E-state index contributed by atoms with van der Waals surface area (Å²) in [6.45, 7) is 3.19. The number of carbonyl (C=O) groups is 2. The van der Waals surface area contributed by atoms with Gasteiger partial charge in [0, 0.05) is 31.0 Å². The SMILES string of the molecule is CSCC[C@H](NC(=O)c1ccc(CN2C[C@H](S(C)(=O)=O)C[C@@H]2COc2ccccc2)cc1-c1ccccc1C)C(=O)O. The molecule has 0 saturated carbocycles. The van der Waals surface area contributed by atoms with Gasteiger partial charge in [0.25, 0.3) is 5.91 Å². The molecule has 1 heterocycles. The van der Waals surface area contributed by atoms with E-state index in [4.69, 9.17) is 4.74 Å². The van der Waals surface area contributed by atoms with Crippen LogP contribution in [0.15, 0.2) is 72.8 Å². The van der Waals surface area contributed by atoms with Crippen LogP contribution in [0.5, 0.6) is 5.75 Å². The molecule has 1 fully saturated rings. The number of amides is 1. The van der Waals surface area contributed by atoms with Gasteiger partial charge in [-0.25, -0.2) is 13.2 Å². The Morgan fingerprint density at radius 1 is 1.07 bits per heavy atom. The van der Waals surface area contributed by atoms with Crippen molar-refractivity contribution in [3.8, 4) is 16.9 Å². The fraction of sp³-hybridized carbons (Fsp3) is 0.375. The van der Waals surface area contributed by atoms with E-state index in [2.05, 4.69) is 10.2 Å². The first-order valence-electron chi connectivity index (χ1n) is 13.9. The zero-order valence-corrected chi connectivity index (χ0v) is 25.8. The molecule has 42 heavy (non-hydrogen) atoms. The van der Waals surface area contributed by atoms with E-state index >= 15 is 0 Å². The molecule has 1 amide bonds. The number of carboxylic acids is 1. The number of benzene rings is 3. The average Bonchev–Trinajstić information content (AvgIpc) is 3.38. The van der Waals surface area contributed by atoms with E-state index in [1.54, 1.807) is 6.07 Å². The number of ether oxygens (including phenoxy) is 1. The summed E-state index contributed by atoms with van der Waals surface area (Å²) in [5.74, 6) is -0.166. The first kappa shape index (κ1) is 31.6. The Morgan fingerprint density at radius 2 is 1.79 bits per heavy atom. The van der Waals surface area contributed by atoms with Crippen LogP contribution in [-0.2, 0) is 21.2 Å². The zero-order chi connectivity index (χ0) is 30.3. The highest BCUT2D eigenvalue weighted by Crippen LogP contribution is 2.31. The van der Waals surface area contributed by atoms with Gasteiger partial charge >= 0.3 is 5.97 Å². The summed E-state index contributed by atoms with van der Waals surface area (Å²) in [6, 6.07) is 21.7. The minimum atomic E-state index is -3.24. The molecular formula is C32H38N2O6S2. The third kappa shape index (κ3) is 8.14. The highest BCUT2D eigenvalue weighted by molar-refractivity contribution is 7.98. The highest BCUT2D eigenvalue weighted by Gasteiger charge is 2.38. The molecule has 1 saturated heterocycles. The van der Waals surface area contributed by atoms with Crippen molar-refractivity contribution in [2.45, 2.75) is 43.6 Å². The van der Waals surface area contributed by atoms with Crippen molar-refractivity contribution >= 4 is 33.5 Å². The Kier molecular flexibility index (Phi) is 10.7. The van der Waals surface area contributed by atoms with Crippen molar-refractivity contribution in [1.82, 2.24) is 10.2 Å². The number of thioether (sulfide) groups is 1. The number of sulfone groups is 1. The van der Waals surface area contributed by atoms with E-state index in [-0.39, 0.29) is 6.04 Å². The maximum atomic E-state index is 13.4. The Hall–Kier alpha value is -3.34. The number of nitrogens with zero attached hydrogens (tertiary/aromatic N) is 1. The molecule has 0 unspecified atom stereocenters. The summed E-state index contributed by atoms with van der Waals surface area (Å²) in [7, 11) is -3.24. The van der Waals surface area contributed by atoms with Crippen molar-refractivity contribution < 1.29 is 27.9 Å². The van der Waals surface area contributed by atoms with E-state index in [1.165, 1.54) is 18.0 Å². The molecule has 0 spiro atoms. The van der Waals surface area contributed by atoms with Crippen molar-refractivity contribution in [1.29, 1.82) is 0 Å². The van der Waals surface area contributed by atoms with Gasteiger partial charge in [-0.15, -0.1) is 0 Å². The predicted octanol–water partition coefficient (Wildman–Crippen LogP) is 4.66. The average molecular weight is 611 g/mol. The summed E-state index contributed by atoms with van der Waals surface area (Å²) >= 11 is 1.53. The summed E-state index contributed by atoms with van der Waals surface area (Å²) in [5, 5.41) is 11.9. The smallest absolute Gasteiger partial charge is 0.326 e. The third-order valence-electron chi connectivity index (χ3n) is 7.64. The molecule has 2 N–H and O–H groups in total. The van der Waals surface area contributed by atoms with Crippen LogP contribution < -0.4 is 10.1 Å². The zero-order valence-electron chi connectivity index (χ0n) is 24.2. The summed E-state index contributed by atoms with van der Waals surface area (Å²) in [4.78, 5) is 27.4. The molecule has 4 rings (SSSR count). The van der Waals surface area contributed by atoms with Crippen LogP contribution in [0.4, 0.5) is 0 Å². The summed E-state index contributed by atoms with van der Waals surface area (Å²) in [6.07, 6.45) is 3.97. The standard InChI is InChI=1S/C32H38N2O6S2/c1-22-9-7-8-12-27(22)29-17-23(13-14-28(29)31(35)33-30(32(36)37)15-16-41-2)19-34-20-26(42(3,38)39)18-24(34)21-40-25-10-5-4-6-11-25/h4-14,17,24,26,30H,15-16,18-21H2,1-3H3,(H,33,35)(H,36,37)/t24-,26-,30+/m1/s1. The van der Waals surface area contributed by atoms with Gasteiger partial charge in [0.2, 0.25) is 0 Å². The van der Waals surface area contributed by atoms with Gasteiger partial charge in [0.05, 0.1) is 5.25 Å². The first-order valence-corrected chi connectivity index (χ1v) is 17.2. The van der Waals surface area contributed by atoms with Gasteiger partial charge in [-0.05, 0) is 78.3 Å². The van der Waals surface area contributed by atoms with Crippen LogP contribution in [0.2, 0.25) is 0 Å². The van der Waals surface area contributed by atoms with Crippen molar-refractivity contribution in [3.05, 3.63) is 89.5 Å². The molecule has 0 aromatic heterocycles. The molecule has 10 heteroatoms. The number of carboxylic acid groups (broad SMARTS) is 1. The fourth-order valence-corrected chi connectivity index (χ4v) is 6.78. The van der Waals surface area contributed by atoms with E-state index in [0.717, 1.165) is 22.4 Å². The minimum Gasteiger partial charge on any atom is -0.492 e. The number of aryl methyl sites for hydroxylation is 1. The molecule has 1 aliphatic heterocycles. The quantitative estimate of drug-likeness (QED) is 0.287. The van der Waals surface area contributed by atoms with E-state index < -0.39 is 33.0 Å². The van der Waals surface area contributed by atoms with Crippen LogP contribution in [0.3, 0.4) is 0 Å². The molecule has 3 atom stereocenters. The van der Waals surface area contributed by atoms with E-state index in [1.807, 2.05) is 79.9 Å². The van der Waals surface area contributed by atoms with Crippen LogP contribution in [-0.4, -0.2) is 79.1 Å². The molecule has 3 aromatic carbocycles. The van der Waals surface area contributed by atoms with Crippen LogP contribution in [0, 0.1) is 6.92 Å². The van der Waals surface area contributed by atoms with Gasteiger partial charge in [-0.2, -0.15) is 11.8 Å². The number of likely N-dealkylation sites (tertiary alicyclic amines) is 1. The van der Waals surface area contributed by atoms with Gasteiger partial charge in [-0.1, -0.05) is 48.5 Å². The normalized spacial score (nSPS) is 18.0. The molecule has 0 radical (unpaired) electrons. The topological polar surface area (TPSA) is 113 Å². The second-order valence-corrected chi connectivity index (χ2v) is 14.0. The highest BCUT2D eigenvalue weighted by atomic mass is 32.2. The van der Waals surface area contributed by atoms with Crippen molar-refractivity contribution in [2.75, 3.05) is 31.4 Å². The maximum Gasteiger partial charge on any atom is 0.326 e. The number of hydrogen-bond donors (Lipinski definition) is 2. The molecule has 3 aromatic rings.